The van der Waals surface area contributed by atoms with Crippen LogP contribution in [0, 0.1) is 0 Å². The molecule has 0 bridgehead atoms. The third kappa shape index (κ3) is 8.56. The van der Waals surface area contributed by atoms with E-state index in [9.17, 15) is 0 Å². The molecule has 0 aliphatic heterocycles. The zero-order chi connectivity index (χ0) is 17.7. The number of nitrogens with one attached hydrogen (secondary N) is 2. The molecule has 0 heterocycles. The minimum Gasteiger partial charge on any atom is -0.360 e. The van der Waals surface area contributed by atoms with Crippen LogP contribution in [0.25, 0.3) is 0 Å². The average molecular weight is 368 g/mol. The lowest BCUT2D eigenvalue weighted by molar-refractivity contribution is -0.0441. The molecule has 0 atom stereocenters. The van der Waals surface area contributed by atoms with Gasteiger partial charge in [0.2, 0.25) is 0 Å². The molecule has 144 valence electrons. The molecule has 0 aromatic heterocycles. The van der Waals surface area contributed by atoms with E-state index in [2.05, 4.69) is 10.6 Å². The van der Waals surface area contributed by atoms with E-state index in [1.54, 1.807) is 14.2 Å². The fraction of sp³-hybridized carbons (Fsp3) is 0.947. The van der Waals surface area contributed by atoms with Crippen molar-refractivity contribution in [1.82, 2.24) is 10.6 Å². The Labute approximate surface area is 156 Å². The first kappa shape index (κ1) is 20.7. The lowest BCUT2D eigenvalue weighted by atomic mass is 9.95. The molecule has 2 N–H and O–H groups in total. The number of methoxy groups -OCH3 is 2. The Balaban J connectivity index is 1.77. The standard InChI is InChI=1S/C19H37N3O2Si/c1-23-19(24-2)25-15-9-14-20-18(21-16-10-5-3-6-11-16)22-17-12-7-4-8-13-17/h16-17,19H,3-15H2,1-2H3,(H2,20,21,22). The molecular formula is C19H37N3O2Si. The van der Waals surface area contributed by atoms with Gasteiger partial charge in [-0.05, 0) is 32.1 Å². The Kier molecular flexibility index (Phi) is 10.5. The molecule has 6 heteroatoms. The number of aliphatic imine (C=N–C) groups is 1. The Bertz CT molecular complexity index is 344. The highest BCUT2D eigenvalue weighted by Gasteiger charge is 2.18. The van der Waals surface area contributed by atoms with Crippen molar-refractivity contribution in [2.45, 2.75) is 94.7 Å². The highest BCUT2D eigenvalue weighted by atomic mass is 28.2. The Morgan fingerprint density at radius 1 is 0.920 bits per heavy atom. The summed E-state index contributed by atoms with van der Waals surface area (Å²) in [7, 11) is 4.10. The first-order chi connectivity index (χ1) is 12.3. The van der Waals surface area contributed by atoms with Crippen LogP contribution in [0.5, 0.6) is 0 Å². The second-order valence-electron chi connectivity index (χ2n) is 7.30. The fourth-order valence-corrected chi connectivity index (χ4v) is 4.70. The second-order valence-corrected chi connectivity index (χ2v) is 8.68. The molecule has 2 aliphatic rings. The molecule has 2 saturated carbocycles. The van der Waals surface area contributed by atoms with Crippen molar-refractivity contribution in [2.75, 3.05) is 20.8 Å². The van der Waals surface area contributed by atoms with Crippen molar-refractivity contribution in [3.8, 4) is 0 Å². The third-order valence-electron chi connectivity index (χ3n) is 5.24. The largest absolute Gasteiger partial charge is 0.360 e. The summed E-state index contributed by atoms with van der Waals surface area (Å²) in [6.07, 6.45) is 14.4. The molecule has 0 saturated heterocycles. The summed E-state index contributed by atoms with van der Waals surface area (Å²) in [4.78, 5) is 4.88. The predicted molar refractivity (Wildman–Crippen MR) is 105 cm³/mol. The lowest BCUT2D eigenvalue weighted by Gasteiger charge is -2.29. The van der Waals surface area contributed by atoms with Gasteiger partial charge in [0.15, 0.2) is 5.96 Å². The van der Waals surface area contributed by atoms with Gasteiger partial charge in [0.05, 0.1) is 0 Å². The smallest absolute Gasteiger partial charge is 0.191 e. The van der Waals surface area contributed by atoms with Crippen molar-refractivity contribution in [1.29, 1.82) is 0 Å². The summed E-state index contributed by atoms with van der Waals surface area (Å²) >= 11 is 0. The van der Waals surface area contributed by atoms with Gasteiger partial charge in [0.25, 0.3) is 0 Å². The normalized spacial score (nSPS) is 19.8. The number of guanidine groups is 1. The molecule has 2 rings (SSSR count). The van der Waals surface area contributed by atoms with Gasteiger partial charge in [0.1, 0.15) is 15.4 Å². The zero-order valence-electron chi connectivity index (χ0n) is 16.2. The predicted octanol–water partition coefficient (Wildman–Crippen LogP) is 3.28. The minimum atomic E-state index is -0.0517. The van der Waals surface area contributed by atoms with Gasteiger partial charge in [0, 0.05) is 32.8 Å². The number of nitrogens with zero attached hydrogens (tertiary/aromatic N) is 1. The fourth-order valence-electron chi connectivity index (χ4n) is 3.77. The Hall–Kier alpha value is -0.593. The van der Waals surface area contributed by atoms with Crippen LogP contribution in [-0.2, 0) is 9.47 Å². The molecule has 25 heavy (non-hydrogen) atoms. The number of ether oxygens (including phenoxy) is 2. The molecule has 5 nitrogen and oxygen atoms in total. The third-order valence-corrected chi connectivity index (χ3v) is 6.68. The minimum absolute atomic E-state index is 0.0517. The summed E-state index contributed by atoms with van der Waals surface area (Å²) in [6.45, 7) is 0.877. The van der Waals surface area contributed by atoms with E-state index in [0.29, 0.717) is 21.6 Å². The van der Waals surface area contributed by atoms with Gasteiger partial charge >= 0.3 is 0 Å². The van der Waals surface area contributed by atoms with Crippen LogP contribution < -0.4 is 10.6 Å². The maximum atomic E-state index is 5.26. The maximum Gasteiger partial charge on any atom is 0.191 e. The van der Waals surface area contributed by atoms with Crippen LogP contribution in [0.1, 0.15) is 70.6 Å². The zero-order valence-corrected chi connectivity index (χ0v) is 17.2. The lowest BCUT2D eigenvalue weighted by Crippen LogP contribution is -2.48. The van der Waals surface area contributed by atoms with Crippen molar-refractivity contribution in [3.63, 3.8) is 0 Å². The molecule has 0 spiro atoms. The summed E-state index contributed by atoms with van der Waals surface area (Å²) in [6, 6.07) is 2.32. The first-order valence-electron chi connectivity index (χ1n) is 10.2. The van der Waals surface area contributed by atoms with E-state index < -0.39 is 0 Å². The van der Waals surface area contributed by atoms with E-state index in [1.165, 1.54) is 64.2 Å². The SMILES string of the molecule is COC(OC)[Si]CCCN=C(NC1CCCCC1)NC1CCCCC1. The molecule has 2 fully saturated rings. The van der Waals surface area contributed by atoms with Crippen molar-refractivity contribution in [2.24, 2.45) is 4.99 Å². The molecule has 0 amide bonds. The van der Waals surface area contributed by atoms with E-state index in [4.69, 9.17) is 14.5 Å². The van der Waals surface area contributed by atoms with Crippen LogP contribution >= 0.6 is 0 Å². The monoisotopic (exact) mass is 367 g/mol. The molecule has 0 aromatic rings. The Morgan fingerprint density at radius 3 is 1.92 bits per heavy atom. The van der Waals surface area contributed by atoms with Gasteiger partial charge in [-0.2, -0.15) is 0 Å². The highest BCUT2D eigenvalue weighted by Crippen LogP contribution is 2.19. The maximum absolute atomic E-state index is 5.26. The van der Waals surface area contributed by atoms with Crippen LogP contribution in [0.15, 0.2) is 4.99 Å². The summed E-state index contributed by atoms with van der Waals surface area (Å²) in [5, 5.41) is 7.43. The van der Waals surface area contributed by atoms with Crippen LogP contribution in [0.3, 0.4) is 0 Å². The molecule has 2 aliphatic carbocycles. The number of hydrogen-bond acceptors (Lipinski definition) is 3. The Morgan fingerprint density at radius 2 is 1.44 bits per heavy atom. The number of hydrogen-bond donors (Lipinski definition) is 2. The van der Waals surface area contributed by atoms with Crippen LogP contribution in [0.4, 0.5) is 0 Å². The van der Waals surface area contributed by atoms with Gasteiger partial charge < -0.3 is 20.1 Å². The molecule has 0 unspecified atom stereocenters. The van der Waals surface area contributed by atoms with E-state index in [-0.39, 0.29) is 5.91 Å². The first-order valence-corrected chi connectivity index (χ1v) is 11.5. The van der Waals surface area contributed by atoms with Gasteiger partial charge in [-0.1, -0.05) is 44.6 Å². The van der Waals surface area contributed by atoms with E-state index in [0.717, 1.165) is 25.0 Å². The molecule has 0 aromatic carbocycles. The number of rotatable bonds is 9. The van der Waals surface area contributed by atoms with Crippen LogP contribution in [0.2, 0.25) is 6.04 Å². The molecule has 2 radical (unpaired) electrons. The van der Waals surface area contributed by atoms with Crippen molar-refractivity contribution in [3.05, 3.63) is 0 Å². The van der Waals surface area contributed by atoms with E-state index >= 15 is 0 Å². The van der Waals surface area contributed by atoms with Crippen molar-refractivity contribution >= 4 is 15.5 Å². The highest BCUT2D eigenvalue weighted by molar-refractivity contribution is 6.36. The topological polar surface area (TPSA) is 54.9 Å². The van der Waals surface area contributed by atoms with Crippen LogP contribution in [-0.4, -0.2) is 54.2 Å². The summed E-state index contributed by atoms with van der Waals surface area (Å²) < 4.78 is 10.5. The quantitative estimate of drug-likeness (QED) is 0.216. The summed E-state index contributed by atoms with van der Waals surface area (Å²) in [5.41, 5.74) is 0. The second kappa shape index (κ2) is 12.7. The van der Waals surface area contributed by atoms with Crippen molar-refractivity contribution < 1.29 is 9.47 Å². The van der Waals surface area contributed by atoms with Gasteiger partial charge in [-0.25, -0.2) is 0 Å². The average Bonchev–Trinajstić information content (AvgIpc) is 2.66. The van der Waals surface area contributed by atoms with E-state index in [1.807, 2.05) is 0 Å². The van der Waals surface area contributed by atoms with Gasteiger partial charge in [-0.3, -0.25) is 4.99 Å². The summed E-state index contributed by atoms with van der Waals surface area (Å²) in [5.74, 6) is 1.00. The molecular weight excluding hydrogens is 330 g/mol. The van der Waals surface area contributed by atoms with Gasteiger partial charge in [-0.15, -0.1) is 0 Å².